The molecule has 0 N–H and O–H groups in total. The average Bonchev–Trinajstić information content (AvgIpc) is 2.26. The molecular weight excluding hydrogens is 268 g/mol. The number of benzene rings is 1. The van der Waals surface area contributed by atoms with Crippen LogP contribution in [0.5, 0.6) is 5.75 Å². The first-order chi connectivity index (χ1) is 7.53. The molecule has 0 spiro atoms. The highest BCUT2D eigenvalue weighted by atomic mass is 79.9. The highest BCUT2D eigenvalue weighted by Gasteiger charge is 2.19. The zero-order chi connectivity index (χ0) is 12.0. The van der Waals surface area contributed by atoms with Crippen LogP contribution in [0.4, 0.5) is 0 Å². The largest absolute Gasteiger partial charge is 0.493 e. The normalized spacial score (nSPS) is 11.5. The lowest BCUT2D eigenvalue weighted by Crippen LogP contribution is -2.27. The molecule has 0 radical (unpaired) electrons. The van der Waals surface area contributed by atoms with E-state index < -0.39 is 0 Å². The summed E-state index contributed by atoms with van der Waals surface area (Å²) in [6, 6.07) is 7.87. The molecule has 0 fully saturated rings. The summed E-state index contributed by atoms with van der Waals surface area (Å²) in [5, 5.41) is 0. The second kappa shape index (κ2) is 6.26. The van der Waals surface area contributed by atoms with Crippen LogP contribution in [-0.4, -0.2) is 19.8 Å². The number of hydrogen-bond donors (Lipinski definition) is 0. The van der Waals surface area contributed by atoms with Crippen LogP contribution in [0.1, 0.15) is 20.8 Å². The van der Waals surface area contributed by atoms with Gasteiger partial charge in [0.05, 0.1) is 13.2 Å². The van der Waals surface area contributed by atoms with E-state index in [2.05, 4.69) is 29.8 Å². The van der Waals surface area contributed by atoms with E-state index >= 15 is 0 Å². The van der Waals surface area contributed by atoms with Gasteiger partial charge in [-0.1, -0.05) is 29.8 Å². The Balaban J connectivity index is 2.41. The van der Waals surface area contributed by atoms with E-state index in [4.69, 9.17) is 9.47 Å². The molecule has 0 heterocycles. The zero-order valence-corrected chi connectivity index (χ0v) is 11.7. The smallest absolute Gasteiger partial charge is 0.119 e. The Kier molecular flexibility index (Phi) is 5.29. The SMILES string of the molecule is CCOCC(C)(C)COc1ccc(Br)cc1. The molecule has 0 aliphatic heterocycles. The van der Waals surface area contributed by atoms with Crippen LogP contribution < -0.4 is 4.74 Å². The van der Waals surface area contributed by atoms with Crippen molar-refractivity contribution >= 4 is 15.9 Å². The molecule has 1 aromatic rings. The van der Waals surface area contributed by atoms with E-state index in [1.54, 1.807) is 0 Å². The third-order valence-corrected chi connectivity index (χ3v) is 2.67. The number of ether oxygens (including phenoxy) is 2. The molecule has 0 amide bonds. The second-order valence-corrected chi connectivity index (χ2v) is 5.46. The monoisotopic (exact) mass is 286 g/mol. The molecule has 0 aliphatic carbocycles. The zero-order valence-electron chi connectivity index (χ0n) is 10.1. The summed E-state index contributed by atoms with van der Waals surface area (Å²) in [6.07, 6.45) is 0. The average molecular weight is 287 g/mol. The molecule has 90 valence electrons. The first-order valence-electron chi connectivity index (χ1n) is 5.49. The Bertz CT molecular complexity index is 306. The van der Waals surface area contributed by atoms with E-state index in [1.807, 2.05) is 31.2 Å². The van der Waals surface area contributed by atoms with Crippen molar-refractivity contribution in [1.29, 1.82) is 0 Å². The minimum Gasteiger partial charge on any atom is -0.493 e. The Hall–Kier alpha value is -0.540. The number of halogens is 1. The fourth-order valence-electron chi connectivity index (χ4n) is 1.23. The standard InChI is InChI=1S/C13H19BrO2/c1-4-15-9-13(2,3)10-16-12-7-5-11(14)6-8-12/h5-8H,4,9-10H2,1-3H3. The van der Waals surface area contributed by atoms with Gasteiger partial charge in [-0.25, -0.2) is 0 Å². The first-order valence-corrected chi connectivity index (χ1v) is 6.29. The summed E-state index contributed by atoms with van der Waals surface area (Å²) in [5.41, 5.74) is 0.0447. The lowest BCUT2D eigenvalue weighted by Gasteiger charge is -2.24. The van der Waals surface area contributed by atoms with Crippen molar-refractivity contribution in [1.82, 2.24) is 0 Å². The maximum Gasteiger partial charge on any atom is 0.119 e. The Morgan fingerprint density at radius 3 is 2.31 bits per heavy atom. The minimum absolute atomic E-state index is 0.0447. The predicted octanol–water partition coefficient (Wildman–Crippen LogP) is 3.89. The number of hydrogen-bond acceptors (Lipinski definition) is 2. The van der Waals surface area contributed by atoms with Gasteiger partial charge in [0.15, 0.2) is 0 Å². The van der Waals surface area contributed by atoms with Crippen molar-refractivity contribution < 1.29 is 9.47 Å². The summed E-state index contributed by atoms with van der Waals surface area (Å²) in [4.78, 5) is 0. The third kappa shape index (κ3) is 4.99. The first kappa shape index (κ1) is 13.5. The molecule has 0 saturated heterocycles. The molecule has 0 saturated carbocycles. The van der Waals surface area contributed by atoms with Crippen molar-refractivity contribution in [2.24, 2.45) is 5.41 Å². The molecule has 2 nitrogen and oxygen atoms in total. The van der Waals surface area contributed by atoms with Gasteiger partial charge in [-0.2, -0.15) is 0 Å². The van der Waals surface area contributed by atoms with Gasteiger partial charge in [0.1, 0.15) is 5.75 Å². The van der Waals surface area contributed by atoms with Crippen molar-refractivity contribution in [3.05, 3.63) is 28.7 Å². The molecule has 0 bridgehead atoms. The molecular formula is C13H19BrO2. The number of rotatable bonds is 6. The van der Waals surface area contributed by atoms with Crippen LogP contribution in [-0.2, 0) is 4.74 Å². The van der Waals surface area contributed by atoms with Crippen LogP contribution in [0, 0.1) is 5.41 Å². The summed E-state index contributed by atoms with van der Waals surface area (Å²) in [7, 11) is 0. The molecule has 1 aromatic carbocycles. The van der Waals surface area contributed by atoms with E-state index in [-0.39, 0.29) is 5.41 Å². The molecule has 16 heavy (non-hydrogen) atoms. The summed E-state index contributed by atoms with van der Waals surface area (Å²) in [6.45, 7) is 8.42. The predicted molar refractivity (Wildman–Crippen MR) is 69.9 cm³/mol. The van der Waals surface area contributed by atoms with Crippen molar-refractivity contribution in [2.75, 3.05) is 19.8 Å². The topological polar surface area (TPSA) is 18.5 Å². The van der Waals surface area contributed by atoms with Gasteiger partial charge in [-0.15, -0.1) is 0 Å². The lowest BCUT2D eigenvalue weighted by molar-refractivity contribution is 0.0409. The summed E-state index contributed by atoms with van der Waals surface area (Å²) >= 11 is 3.39. The van der Waals surface area contributed by atoms with Gasteiger partial charge in [0.25, 0.3) is 0 Å². The fraction of sp³-hybridized carbons (Fsp3) is 0.538. The third-order valence-electron chi connectivity index (χ3n) is 2.14. The Morgan fingerprint density at radius 1 is 1.12 bits per heavy atom. The Labute approximate surface area is 106 Å². The Morgan fingerprint density at radius 2 is 1.75 bits per heavy atom. The van der Waals surface area contributed by atoms with Crippen LogP contribution in [0.15, 0.2) is 28.7 Å². The van der Waals surface area contributed by atoms with Gasteiger partial charge in [-0.05, 0) is 31.2 Å². The molecule has 1 rings (SSSR count). The quantitative estimate of drug-likeness (QED) is 0.790. The molecule has 0 aromatic heterocycles. The van der Waals surface area contributed by atoms with E-state index in [0.29, 0.717) is 6.61 Å². The highest BCUT2D eigenvalue weighted by molar-refractivity contribution is 9.10. The van der Waals surface area contributed by atoms with Gasteiger partial charge in [0.2, 0.25) is 0 Å². The van der Waals surface area contributed by atoms with Gasteiger partial charge >= 0.3 is 0 Å². The lowest BCUT2D eigenvalue weighted by atomic mass is 9.96. The fourth-order valence-corrected chi connectivity index (χ4v) is 1.49. The van der Waals surface area contributed by atoms with Crippen molar-refractivity contribution in [2.45, 2.75) is 20.8 Å². The van der Waals surface area contributed by atoms with Crippen LogP contribution in [0.25, 0.3) is 0 Å². The minimum atomic E-state index is 0.0447. The second-order valence-electron chi connectivity index (χ2n) is 4.54. The van der Waals surface area contributed by atoms with E-state index in [1.165, 1.54) is 0 Å². The summed E-state index contributed by atoms with van der Waals surface area (Å²) < 4.78 is 12.2. The maximum absolute atomic E-state index is 5.72. The van der Waals surface area contributed by atoms with Crippen LogP contribution in [0.3, 0.4) is 0 Å². The molecule has 0 unspecified atom stereocenters. The van der Waals surface area contributed by atoms with Gasteiger partial charge in [0, 0.05) is 16.5 Å². The highest BCUT2D eigenvalue weighted by Crippen LogP contribution is 2.20. The maximum atomic E-state index is 5.72. The van der Waals surface area contributed by atoms with E-state index in [9.17, 15) is 0 Å². The van der Waals surface area contributed by atoms with Gasteiger partial charge < -0.3 is 9.47 Å². The van der Waals surface area contributed by atoms with E-state index in [0.717, 1.165) is 23.4 Å². The van der Waals surface area contributed by atoms with Crippen LogP contribution in [0.2, 0.25) is 0 Å². The van der Waals surface area contributed by atoms with Crippen molar-refractivity contribution in [3.63, 3.8) is 0 Å². The molecule has 0 atom stereocenters. The van der Waals surface area contributed by atoms with Crippen molar-refractivity contribution in [3.8, 4) is 5.75 Å². The molecule has 3 heteroatoms. The van der Waals surface area contributed by atoms with Gasteiger partial charge in [-0.3, -0.25) is 0 Å². The molecule has 0 aliphatic rings. The van der Waals surface area contributed by atoms with Crippen LogP contribution >= 0.6 is 15.9 Å². The summed E-state index contributed by atoms with van der Waals surface area (Å²) in [5.74, 6) is 0.896.